The molecule has 0 amide bonds. The monoisotopic (exact) mass is 560 g/mol. The quantitative estimate of drug-likeness (QED) is 0.286. The van der Waals surface area contributed by atoms with Crippen LogP contribution in [0.1, 0.15) is 161 Å². The molecule has 0 radical (unpaired) electrons. The average Bonchev–Trinajstić information content (AvgIpc) is 2.76. The van der Waals surface area contributed by atoms with E-state index in [2.05, 4.69) is 154 Å². The molecule has 1 unspecified atom stereocenters. The molecule has 0 spiro atoms. The van der Waals surface area contributed by atoms with E-state index in [-0.39, 0.29) is 10.8 Å². The molecule has 0 aliphatic carbocycles. The van der Waals surface area contributed by atoms with Crippen molar-refractivity contribution in [1.29, 1.82) is 0 Å². The number of rotatable bonds is 8. The van der Waals surface area contributed by atoms with E-state index in [4.69, 9.17) is 0 Å². The van der Waals surface area contributed by atoms with Gasteiger partial charge >= 0.3 is 0 Å². The molecule has 1 heteroatoms. The fourth-order valence-corrected chi connectivity index (χ4v) is 4.66. The van der Waals surface area contributed by atoms with Crippen molar-refractivity contribution in [3.05, 3.63) is 48.0 Å². The fraction of sp³-hybridized carbons (Fsp3) is 0.795. The van der Waals surface area contributed by atoms with E-state index in [9.17, 15) is 0 Å². The van der Waals surface area contributed by atoms with Crippen molar-refractivity contribution in [3.63, 3.8) is 0 Å². The van der Waals surface area contributed by atoms with Crippen molar-refractivity contribution in [2.75, 3.05) is 20.1 Å². The third kappa shape index (κ3) is 25.9. The van der Waals surface area contributed by atoms with Gasteiger partial charge in [0.1, 0.15) is 0 Å². The largest absolute Gasteiger partial charge is 0.306 e. The van der Waals surface area contributed by atoms with Gasteiger partial charge < -0.3 is 4.90 Å². The molecule has 0 aliphatic rings. The normalized spacial score (nSPS) is 13.2. The minimum Gasteiger partial charge on any atom is -0.306 e. The summed E-state index contributed by atoms with van der Waals surface area (Å²) in [5.74, 6) is 0.789. The summed E-state index contributed by atoms with van der Waals surface area (Å²) in [6, 6.07) is 9.00. The lowest BCUT2D eigenvalue weighted by Gasteiger charge is -2.31. The van der Waals surface area contributed by atoms with Crippen LogP contribution in [0.4, 0.5) is 0 Å². The first-order chi connectivity index (χ1) is 17.8. The maximum Gasteiger partial charge on any atom is 0.00271 e. The molecule has 0 heterocycles. The molecule has 1 rings (SSSR count). The number of hydrogen-bond donors (Lipinski definition) is 0. The summed E-state index contributed by atoms with van der Waals surface area (Å²) in [4.78, 5) is 2.47. The van der Waals surface area contributed by atoms with Gasteiger partial charge in [0.15, 0.2) is 0 Å². The molecule has 0 aromatic heterocycles. The second kappa shape index (κ2) is 19.2. The van der Waals surface area contributed by atoms with Crippen molar-refractivity contribution in [3.8, 4) is 0 Å². The van der Waals surface area contributed by atoms with Gasteiger partial charge in [-0.1, -0.05) is 161 Å². The highest BCUT2D eigenvalue weighted by Gasteiger charge is 2.19. The molecule has 0 bridgehead atoms. The Morgan fingerprint density at radius 1 is 0.725 bits per heavy atom. The van der Waals surface area contributed by atoms with Crippen molar-refractivity contribution < 1.29 is 0 Å². The van der Waals surface area contributed by atoms with Crippen LogP contribution >= 0.6 is 0 Å². The Hall–Kier alpha value is -1.08. The second-order valence-electron chi connectivity index (χ2n) is 17.0. The fourth-order valence-electron chi connectivity index (χ4n) is 4.66. The van der Waals surface area contributed by atoms with Gasteiger partial charge in [-0.3, -0.25) is 0 Å². The minimum absolute atomic E-state index is 0.260. The molecular formula is C39H77N. The number of allylic oxidation sites excluding steroid dienone is 1. The SMILES string of the molecule is C=CCCC(C)(C)CC.CC.CC(C)(C)c1ccc(C(C)(C)C)cc1.CC(CN(C)CC(C)(C)C)CC(C)(C)C. The zero-order valence-electron chi connectivity index (χ0n) is 31.4. The van der Waals surface area contributed by atoms with Gasteiger partial charge in [-0.15, -0.1) is 6.58 Å². The minimum atomic E-state index is 0.260. The molecule has 1 aromatic rings. The summed E-state index contributed by atoms with van der Waals surface area (Å²) >= 11 is 0. The Morgan fingerprint density at radius 3 is 1.35 bits per heavy atom. The zero-order valence-corrected chi connectivity index (χ0v) is 31.4. The van der Waals surface area contributed by atoms with Crippen LogP contribution in [0.25, 0.3) is 0 Å². The molecule has 0 fully saturated rings. The third-order valence-corrected chi connectivity index (χ3v) is 6.93. The van der Waals surface area contributed by atoms with E-state index >= 15 is 0 Å². The standard InChI is InChI=1S/C14H31N.C14H22.C9H18.C2H6/c1-12(9-13(2,3)4)10-15(8)11-14(5,6)7;1-13(2,3)11-7-9-12(10-8-11)14(4,5)6;1-5-7-8-9(3,4)6-2;1-2/h12H,9-11H2,1-8H3;7-10H,1-6H3;5H,1,6-8H2,2-4H3;1-2H3. The molecule has 238 valence electrons. The first-order valence-corrected chi connectivity index (χ1v) is 16.2. The van der Waals surface area contributed by atoms with Crippen LogP contribution in [-0.2, 0) is 10.8 Å². The summed E-state index contributed by atoms with van der Waals surface area (Å²) in [7, 11) is 2.24. The molecule has 1 aromatic carbocycles. The average molecular weight is 560 g/mol. The lowest BCUT2D eigenvalue weighted by atomic mass is 9.82. The molecule has 0 saturated carbocycles. The van der Waals surface area contributed by atoms with Crippen LogP contribution in [0.15, 0.2) is 36.9 Å². The first-order valence-electron chi connectivity index (χ1n) is 16.2. The van der Waals surface area contributed by atoms with E-state index in [1.165, 1.54) is 43.5 Å². The van der Waals surface area contributed by atoms with Crippen molar-refractivity contribution in [2.24, 2.45) is 22.2 Å². The Kier molecular flexibility index (Phi) is 20.8. The van der Waals surface area contributed by atoms with E-state index < -0.39 is 0 Å². The van der Waals surface area contributed by atoms with Crippen LogP contribution < -0.4 is 0 Å². The zero-order chi connectivity index (χ0) is 32.6. The van der Waals surface area contributed by atoms with Crippen molar-refractivity contribution >= 4 is 0 Å². The lowest BCUT2D eigenvalue weighted by molar-refractivity contribution is 0.181. The van der Waals surface area contributed by atoms with Gasteiger partial charge in [-0.2, -0.15) is 0 Å². The Labute approximate surface area is 256 Å². The Morgan fingerprint density at radius 2 is 1.10 bits per heavy atom. The summed E-state index contributed by atoms with van der Waals surface area (Å²) in [5.41, 5.74) is 4.73. The highest BCUT2D eigenvalue weighted by atomic mass is 15.1. The van der Waals surface area contributed by atoms with Crippen LogP contribution in [-0.4, -0.2) is 25.0 Å². The topological polar surface area (TPSA) is 3.24 Å². The van der Waals surface area contributed by atoms with Gasteiger partial charge in [-0.25, -0.2) is 0 Å². The van der Waals surface area contributed by atoms with Crippen LogP contribution in [0.2, 0.25) is 0 Å². The van der Waals surface area contributed by atoms with Gasteiger partial charge in [0.2, 0.25) is 0 Å². The highest BCUT2D eigenvalue weighted by molar-refractivity contribution is 5.30. The molecular weight excluding hydrogens is 482 g/mol. The van der Waals surface area contributed by atoms with Gasteiger partial charge in [-0.05, 0) is 70.4 Å². The van der Waals surface area contributed by atoms with Gasteiger partial charge in [0.25, 0.3) is 0 Å². The van der Waals surface area contributed by atoms with Crippen LogP contribution in [0.3, 0.4) is 0 Å². The van der Waals surface area contributed by atoms with Crippen molar-refractivity contribution in [1.82, 2.24) is 4.90 Å². The molecule has 1 atom stereocenters. The summed E-state index contributed by atoms with van der Waals surface area (Å²) < 4.78 is 0. The predicted molar refractivity (Wildman–Crippen MR) is 189 cm³/mol. The molecule has 0 saturated heterocycles. The smallest absolute Gasteiger partial charge is 0.00271 e. The third-order valence-electron chi connectivity index (χ3n) is 6.93. The number of hydrogen-bond acceptors (Lipinski definition) is 1. The summed E-state index contributed by atoms with van der Waals surface area (Å²) in [6.45, 7) is 46.7. The predicted octanol–water partition coefficient (Wildman–Crippen LogP) is 12.7. The van der Waals surface area contributed by atoms with Crippen molar-refractivity contribution in [2.45, 2.75) is 161 Å². The van der Waals surface area contributed by atoms with E-state index in [1.807, 2.05) is 19.9 Å². The lowest BCUT2D eigenvalue weighted by Crippen LogP contribution is -2.33. The molecule has 0 aliphatic heterocycles. The number of nitrogens with zero attached hydrogens (tertiary/aromatic N) is 1. The Balaban J connectivity index is -0.000000512. The summed E-state index contributed by atoms with van der Waals surface area (Å²) in [5, 5.41) is 0. The van der Waals surface area contributed by atoms with Gasteiger partial charge in [0, 0.05) is 13.1 Å². The van der Waals surface area contributed by atoms with Crippen LogP contribution in [0, 0.1) is 22.2 Å². The number of benzene rings is 1. The first kappa shape index (κ1) is 43.4. The molecule has 40 heavy (non-hydrogen) atoms. The highest BCUT2D eigenvalue weighted by Crippen LogP contribution is 2.28. The van der Waals surface area contributed by atoms with E-state index in [1.54, 1.807) is 0 Å². The Bertz CT molecular complexity index is 685. The van der Waals surface area contributed by atoms with E-state index in [0.717, 1.165) is 12.3 Å². The maximum absolute atomic E-state index is 3.70. The summed E-state index contributed by atoms with van der Waals surface area (Å²) in [6.07, 6.45) is 6.99. The van der Waals surface area contributed by atoms with Crippen LogP contribution in [0.5, 0.6) is 0 Å². The molecule has 1 nitrogen and oxygen atoms in total. The molecule has 0 N–H and O–H groups in total. The maximum atomic E-state index is 3.70. The second-order valence-corrected chi connectivity index (χ2v) is 17.0. The van der Waals surface area contributed by atoms with Gasteiger partial charge in [0.05, 0.1) is 0 Å². The van der Waals surface area contributed by atoms with E-state index in [0.29, 0.717) is 16.2 Å².